The van der Waals surface area contributed by atoms with Gasteiger partial charge in [0.25, 0.3) is 5.91 Å². The number of carbonyl (C=O) groups is 2. The second-order valence-electron chi connectivity index (χ2n) is 8.78. The summed E-state index contributed by atoms with van der Waals surface area (Å²) >= 11 is 0. The minimum Gasteiger partial charge on any atom is -0.494 e. The van der Waals surface area contributed by atoms with Crippen molar-refractivity contribution < 1.29 is 28.2 Å². The maximum atomic E-state index is 15.2. The van der Waals surface area contributed by atoms with E-state index in [1.807, 2.05) is 11.0 Å². The molecule has 1 aromatic heterocycles. The number of carbonyl (C=O) groups excluding carboxylic acids is 1. The SMILES string of the molecule is COc1ccc(C(CC(=O)O)NC(=O)C2(F)CN(CCc3ccc4c(n3)NCCC4)C2)cc1F. The Morgan fingerprint density at radius 1 is 1.32 bits per heavy atom. The number of halogens is 2. The molecule has 2 aliphatic rings. The van der Waals surface area contributed by atoms with Gasteiger partial charge in [0.05, 0.1) is 19.6 Å². The van der Waals surface area contributed by atoms with E-state index in [4.69, 9.17) is 4.74 Å². The zero-order chi connectivity index (χ0) is 24.3. The molecule has 0 bridgehead atoms. The first-order chi connectivity index (χ1) is 16.3. The Kier molecular flexibility index (Phi) is 6.97. The zero-order valence-electron chi connectivity index (χ0n) is 18.9. The summed E-state index contributed by atoms with van der Waals surface area (Å²) in [6, 6.07) is 6.86. The van der Waals surface area contributed by atoms with Crippen LogP contribution in [0, 0.1) is 5.82 Å². The normalized spacial score (nSPS) is 17.6. The number of amides is 1. The first kappa shape index (κ1) is 23.9. The molecule has 10 heteroatoms. The Bertz CT molecular complexity index is 1070. The van der Waals surface area contributed by atoms with Gasteiger partial charge in [-0.15, -0.1) is 0 Å². The maximum absolute atomic E-state index is 15.2. The summed E-state index contributed by atoms with van der Waals surface area (Å²) in [6.07, 6.45) is 2.21. The number of fused-ring (bicyclic) bond motifs is 1. The standard InChI is InChI=1S/C24H28F2N4O4/c1-34-20-7-5-16(11-18(20)25)19(12-21(31)32)29-23(33)24(26)13-30(14-24)10-8-17-6-4-15-3-2-9-27-22(15)28-17/h4-7,11,19H,2-3,8-10,12-14H2,1H3,(H,27,28)(H,29,33)(H,31,32). The second kappa shape index (κ2) is 9.92. The number of carboxylic acid groups (broad SMARTS) is 1. The predicted octanol–water partition coefficient (Wildman–Crippen LogP) is 2.49. The highest BCUT2D eigenvalue weighted by Crippen LogP contribution is 2.29. The molecule has 1 unspecified atom stereocenters. The maximum Gasteiger partial charge on any atom is 0.305 e. The molecule has 0 radical (unpaired) electrons. The van der Waals surface area contributed by atoms with E-state index < -0.39 is 35.8 Å². The Balaban J connectivity index is 1.33. The number of carboxylic acids is 1. The summed E-state index contributed by atoms with van der Waals surface area (Å²) in [6.45, 7) is 1.26. The molecular weight excluding hydrogens is 446 g/mol. The number of benzene rings is 1. The molecule has 3 N–H and O–H groups in total. The van der Waals surface area contributed by atoms with Gasteiger partial charge in [0.2, 0.25) is 5.67 Å². The number of aryl methyl sites for hydroxylation is 1. The zero-order valence-corrected chi connectivity index (χ0v) is 18.9. The van der Waals surface area contributed by atoms with Gasteiger partial charge in [-0.2, -0.15) is 0 Å². The Labute approximate surface area is 196 Å². The molecule has 1 aromatic carbocycles. The highest BCUT2D eigenvalue weighted by Gasteiger charge is 2.50. The summed E-state index contributed by atoms with van der Waals surface area (Å²) < 4.78 is 34.1. The highest BCUT2D eigenvalue weighted by atomic mass is 19.1. The number of rotatable bonds is 9. The van der Waals surface area contributed by atoms with E-state index in [0.717, 1.165) is 37.0 Å². The van der Waals surface area contributed by atoms with Gasteiger partial charge in [-0.1, -0.05) is 12.1 Å². The van der Waals surface area contributed by atoms with Crippen LogP contribution in [0.2, 0.25) is 0 Å². The first-order valence-electron chi connectivity index (χ1n) is 11.3. The lowest BCUT2D eigenvalue weighted by Crippen LogP contribution is -2.66. The molecule has 182 valence electrons. The fourth-order valence-corrected chi connectivity index (χ4v) is 4.36. The average molecular weight is 475 g/mol. The summed E-state index contributed by atoms with van der Waals surface area (Å²) in [4.78, 5) is 30.4. The Morgan fingerprint density at radius 2 is 2.12 bits per heavy atom. The number of alkyl halides is 1. The molecule has 1 amide bonds. The van der Waals surface area contributed by atoms with E-state index >= 15 is 4.39 Å². The number of anilines is 1. The number of hydrogen-bond acceptors (Lipinski definition) is 6. The van der Waals surface area contributed by atoms with Crippen LogP contribution < -0.4 is 15.4 Å². The van der Waals surface area contributed by atoms with Crippen molar-refractivity contribution >= 4 is 17.7 Å². The van der Waals surface area contributed by atoms with Crippen molar-refractivity contribution in [1.29, 1.82) is 0 Å². The molecule has 0 aliphatic carbocycles. The summed E-state index contributed by atoms with van der Waals surface area (Å²) in [5.74, 6) is -1.89. The van der Waals surface area contributed by atoms with Crippen molar-refractivity contribution in [2.45, 2.75) is 37.4 Å². The van der Waals surface area contributed by atoms with Crippen molar-refractivity contribution in [3.05, 3.63) is 53.0 Å². The molecule has 0 saturated carbocycles. The van der Waals surface area contributed by atoms with E-state index in [1.165, 1.54) is 24.8 Å². The van der Waals surface area contributed by atoms with Crippen LogP contribution in [0.5, 0.6) is 5.75 Å². The Morgan fingerprint density at radius 3 is 2.82 bits per heavy atom. The molecule has 1 fully saturated rings. The smallest absolute Gasteiger partial charge is 0.305 e. The third kappa shape index (κ3) is 5.27. The van der Waals surface area contributed by atoms with Crippen molar-refractivity contribution in [3.8, 4) is 5.75 Å². The molecular formula is C24H28F2N4O4. The molecule has 2 aliphatic heterocycles. The van der Waals surface area contributed by atoms with Crippen LogP contribution in [0.3, 0.4) is 0 Å². The predicted molar refractivity (Wildman–Crippen MR) is 121 cm³/mol. The van der Waals surface area contributed by atoms with Crippen molar-refractivity contribution in [1.82, 2.24) is 15.2 Å². The van der Waals surface area contributed by atoms with E-state index in [-0.39, 0.29) is 24.4 Å². The van der Waals surface area contributed by atoms with Gasteiger partial charge in [0, 0.05) is 38.3 Å². The second-order valence-corrected chi connectivity index (χ2v) is 8.78. The number of aromatic nitrogens is 1. The van der Waals surface area contributed by atoms with Crippen LogP contribution in [0.25, 0.3) is 0 Å². The van der Waals surface area contributed by atoms with E-state index in [1.54, 1.807) is 0 Å². The van der Waals surface area contributed by atoms with Crippen molar-refractivity contribution in [2.75, 3.05) is 38.6 Å². The lowest BCUT2D eigenvalue weighted by Gasteiger charge is -2.43. The van der Waals surface area contributed by atoms with Gasteiger partial charge in [0.15, 0.2) is 11.6 Å². The third-order valence-electron chi connectivity index (χ3n) is 6.25. The van der Waals surface area contributed by atoms with Crippen LogP contribution in [-0.2, 0) is 22.4 Å². The summed E-state index contributed by atoms with van der Waals surface area (Å²) in [5.41, 5.74) is 0.191. The molecule has 4 rings (SSSR count). The quantitative estimate of drug-likeness (QED) is 0.513. The lowest BCUT2D eigenvalue weighted by molar-refractivity contribution is -0.146. The number of nitrogens with one attached hydrogen (secondary N) is 2. The van der Waals surface area contributed by atoms with Crippen LogP contribution in [0.4, 0.5) is 14.6 Å². The lowest BCUT2D eigenvalue weighted by atomic mass is 9.93. The van der Waals surface area contributed by atoms with Gasteiger partial charge in [-0.3, -0.25) is 14.5 Å². The monoisotopic (exact) mass is 474 g/mol. The minimum absolute atomic E-state index is 0.00931. The largest absolute Gasteiger partial charge is 0.494 e. The Hall–Kier alpha value is -3.27. The number of nitrogens with zero attached hydrogens (tertiary/aromatic N) is 2. The fourth-order valence-electron chi connectivity index (χ4n) is 4.36. The molecule has 2 aromatic rings. The summed E-state index contributed by atoms with van der Waals surface area (Å²) in [7, 11) is 1.31. The third-order valence-corrected chi connectivity index (χ3v) is 6.25. The fraction of sp³-hybridized carbons (Fsp3) is 0.458. The van der Waals surface area contributed by atoms with Gasteiger partial charge in [0.1, 0.15) is 5.82 Å². The van der Waals surface area contributed by atoms with E-state index in [0.29, 0.717) is 13.0 Å². The molecule has 1 saturated heterocycles. The molecule has 3 heterocycles. The number of hydrogen-bond donors (Lipinski definition) is 3. The molecule has 1 atom stereocenters. The minimum atomic E-state index is -2.13. The van der Waals surface area contributed by atoms with Crippen LogP contribution in [-0.4, -0.2) is 65.8 Å². The summed E-state index contributed by atoms with van der Waals surface area (Å²) in [5, 5.41) is 15.0. The van der Waals surface area contributed by atoms with Crippen molar-refractivity contribution in [3.63, 3.8) is 0 Å². The number of likely N-dealkylation sites (tertiary alicyclic amines) is 1. The number of methoxy groups -OCH3 is 1. The van der Waals surface area contributed by atoms with Gasteiger partial charge in [-0.25, -0.2) is 13.8 Å². The van der Waals surface area contributed by atoms with Crippen LogP contribution in [0.15, 0.2) is 30.3 Å². The van der Waals surface area contributed by atoms with Gasteiger partial charge >= 0.3 is 5.97 Å². The van der Waals surface area contributed by atoms with Crippen molar-refractivity contribution in [2.24, 2.45) is 0 Å². The molecule has 0 spiro atoms. The van der Waals surface area contributed by atoms with E-state index in [9.17, 15) is 19.1 Å². The highest BCUT2D eigenvalue weighted by molar-refractivity contribution is 5.87. The number of ether oxygens (including phenoxy) is 1. The number of pyridine rings is 1. The first-order valence-corrected chi connectivity index (χ1v) is 11.3. The topological polar surface area (TPSA) is 104 Å². The van der Waals surface area contributed by atoms with Crippen LogP contribution >= 0.6 is 0 Å². The van der Waals surface area contributed by atoms with Crippen LogP contribution in [0.1, 0.15) is 35.7 Å². The molecule has 8 nitrogen and oxygen atoms in total. The van der Waals surface area contributed by atoms with Gasteiger partial charge < -0.3 is 20.5 Å². The average Bonchev–Trinajstić information content (AvgIpc) is 2.80. The number of aliphatic carboxylic acids is 1. The molecule has 34 heavy (non-hydrogen) atoms. The van der Waals surface area contributed by atoms with E-state index in [2.05, 4.69) is 21.7 Å². The van der Waals surface area contributed by atoms with Gasteiger partial charge in [-0.05, 0) is 42.2 Å².